The van der Waals surface area contributed by atoms with Crippen molar-refractivity contribution in [2.24, 2.45) is 5.10 Å². The lowest BCUT2D eigenvalue weighted by molar-refractivity contribution is 0.284. The quantitative estimate of drug-likeness (QED) is 0.489. The van der Waals surface area contributed by atoms with Crippen LogP contribution in [-0.4, -0.2) is 28.2 Å². The van der Waals surface area contributed by atoms with E-state index in [0.29, 0.717) is 28.7 Å². The molecule has 0 saturated heterocycles. The van der Waals surface area contributed by atoms with E-state index >= 15 is 0 Å². The zero-order chi connectivity index (χ0) is 20.1. The molecule has 0 aliphatic rings. The highest BCUT2D eigenvalue weighted by molar-refractivity contribution is 7.71. The number of nitrogens with zero attached hydrogens (tertiary/aromatic N) is 3. The fourth-order valence-corrected chi connectivity index (χ4v) is 2.72. The molecule has 1 aromatic heterocycles. The van der Waals surface area contributed by atoms with Crippen molar-refractivity contribution in [1.82, 2.24) is 14.9 Å². The molecular weight excluding hydrogens is 400 g/mol. The number of aromatic amines is 1. The lowest BCUT2D eigenvalue weighted by Crippen LogP contribution is -2.22. The number of aryl methyl sites for hydroxylation is 1. The van der Waals surface area contributed by atoms with Gasteiger partial charge >= 0.3 is 0 Å². The molecule has 0 radical (unpaired) electrons. The topological polar surface area (TPSA) is 81.5 Å². The molecule has 28 heavy (non-hydrogen) atoms. The molecule has 0 fully saturated rings. The number of nitrogens with one attached hydrogen (secondary N) is 1. The first-order valence-electron chi connectivity index (χ1n) is 8.26. The van der Waals surface area contributed by atoms with Gasteiger partial charge in [-0.15, -0.1) is 0 Å². The molecule has 3 aromatic rings. The highest BCUT2D eigenvalue weighted by Gasteiger charge is 2.07. The van der Waals surface area contributed by atoms with Crippen LogP contribution in [0.1, 0.15) is 16.8 Å². The van der Waals surface area contributed by atoms with Gasteiger partial charge in [-0.2, -0.15) is 14.9 Å². The number of H-pyrrole nitrogens is 1. The van der Waals surface area contributed by atoms with Gasteiger partial charge in [0.15, 0.2) is 11.5 Å². The molecule has 3 rings (SSSR count). The number of benzene rings is 2. The first kappa shape index (κ1) is 19.8. The van der Waals surface area contributed by atoms with Crippen molar-refractivity contribution in [3.63, 3.8) is 0 Å². The predicted molar refractivity (Wildman–Crippen MR) is 110 cm³/mol. The van der Waals surface area contributed by atoms with E-state index in [1.165, 1.54) is 6.21 Å². The van der Waals surface area contributed by atoms with Crippen molar-refractivity contribution in [1.29, 1.82) is 0 Å². The Balaban J connectivity index is 1.82. The van der Waals surface area contributed by atoms with E-state index in [9.17, 15) is 4.79 Å². The van der Waals surface area contributed by atoms with Gasteiger partial charge in [-0.05, 0) is 49.0 Å². The van der Waals surface area contributed by atoms with E-state index in [2.05, 4.69) is 15.3 Å². The van der Waals surface area contributed by atoms with Crippen molar-refractivity contribution < 1.29 is 9.47 Å². The molecule has 9 heteroatoms. The number of hydrogen-bond donors (Lipinski definition) is 1. The number of ether oxygens (including phenoxy) is 2. The third-order valence-corrected chi connectivity index (χ3v) is 4.50. The first-order chi connectivity index (χ1) is 13.5. The standard InChI is InChI=1S/C19H17ClN4O3S/c1-12-18(25)24(19(28)23-22-12)21-10-13-7-8-16(17(9-13)26-2)27-11-14-5-3-4-6-15(14)20/h3-10H,11H2,1-2H3,(H,23,28)/b21-10-. The van der Waals surface area contributed by atoms with E-state index in [1.807, 2.05) is 24.3 Å². The summed E-state index contributed by atoms with van der Waals surface area (Å²) in [7, 11) is 1.55. The fourth-order valence-electron chi connectivity index (χ4n) is 2.36. The summed E-state index contributed by atoms with van der Waals surface area (Å²) in [5.41, 5.74) is 1.47. The fraction of sp³-hybridized carbons (Fsp3) is 0.158. The lowest BCUT2D eigenvalue weighted by Gasteiger charge is -2.12. The molecule has 0 saturated carbocycles. The van der Waals surface area contributed by atoms with Crippen molar-refractivity contribution in [3.8, 4) is 11.5 Å². The van der Waals surface area contributed by atoms with Crippen LogP contribution >= 0.6 is 23.8 Å². The second-order valence-corrected chi connectivity index (χ2v) is 6.56. The van der Waals surface area contributed by atoms with E-state index in [1.54, 1.807) is 32.2 Å². The highest BCUT2D eigenvalue weighted by Crippen LogP contribution is 2.29. The largest absolute Gasteiger partial charge is 0.493 e. The SMILES string of the molecule is COc1cc(/C=N\n2c(=S)[nH]nc(C)c2=O)ccc1OCc1ccccc1Cl. The van der Waals surface area contributed by atoms with Crippen LogP contribution in [0.3, 0.4) is 0 Å². The number of aromatic nitrogens is 3. The number of rotatable bonds is 6. The molecule has 144 valence electrons. The molecule has 0 aliphatic carbocycles. The highest BCUT2D eigenvalue weighted by atomic mass is 35.5. The Morgan fingerprint density at radius 1 is 1.29 bits per heavy atom. The molecule has 1 heterocycles. The van der Waals surface area contributed by atoms with Gasteiger partial charge in [0.1, 0.15) is 12.3 Å². The summed E-state index contributed by atoms with van der Waals surface area (Å²) in [4.78, 5) is 12.1. The monoisotopic (exact) mass is 416 g/mol. The van der Waals surface area contributed by atoms with Gasteiger partial charge in [-0.25, -0.2) is 0 Å². The minimum Gasteiger partial charge on any atom is -0.493 e. The van der Waals surface area contributed by atoms with Crippen LogP contribution in [0.2, 0.25) is 5.02 Å². The smallest absolute Gasteiger partial charge is 0.296 e. The summed E-state index contributed by atoms with van der Waals surface area (Å²) in [6.07, 6.45) is 1.50. The molecule has 0 spiro atoms. The van der Waals surface area contributed by atoms with Crippen LogP contribution < -0.4 is 15.0 Å². The Morgan fingerprint density at radius 3 is 2.82 bits per heavy atom. The Hall–Kier alpha value is -2.97. The summed E-state index contributed by atoms with van der Waals surface area (Å²) in [6, 6.07) is 12.8. The third-order valence-electron chi connectivity index (χ3n) is 3.86. The van der Waals surface area contributed by atoms with Crippen molar-refractivity contribution in [2.45, 2.75) is 13.5 Å². The van der Waals surface area contributed by atoms with E-state index < -0.39 is 0 Å². The normalized spacial score (nSPS) is 11.0. The van der Waals surface area contributed by atoms with Crippen molar-refractivity contribution in [3.05, 3.63) is 79.4 Å². The summed E-state index contributed by atoms with van der Waals surface area (Å²) in [5.74, 6) is 1.09. The van der Waals surface area contributed by atoms with Crippen LogP contribution in [0.5, 0.6) is 11.5 Å². The average Bonchev–Trinajstić information content (AvgIpc) is 2.70. The van der Waals surface area contributed by atoms with E-state index in [4.69, 9.17) is 33.3 Å². The van der Waals surface area contributed by atoms with Gasteiger partial charge in [-0.1, -0.05) is 29.8 Å². The molecule has 0 bridgehead atoms. The minimum absolute atomic E-state index is 0.110. The number of halogens is 1. The Bertz CT molecular complexity index is 1140. The summed E-state index contributed by atoms with van der Waals surface area (Å²) in [5, 5.41) is 11.1. The summed E-state index contributed by atoms with van der Waals surface area (Å²) >= 11 is 11.2. The third kappa shape index (κ3) is 4.47. The number of hydrogen-bond acceptors (Lipinski definition) is 6. The van der Waals surface area contributed by atoms with E-state index in [-0.39, 0.29) is 16.0 Å². The van der Waals surface area contributed by atoms with Gasteiger partial charge in [0.25, 0.3) is 5.56 Å². The molecule has 0 atom stereocenters. The summed E-state index contributed by atoms with van der Waals surface area (Å²) in [6.45, 7) is 1.89. The van der Waals surface area contributed by atoms with Gasteiger partial charge in [-0.3, -0.25) is 9.89 Å². The van der Waals surface area contributed by atoms with Crippen LogP contribution in [-0.2, 0) is 6.61 Å². The maximum Gasteiger partial charge on any atom is 0.296 e. The maximum atomic E-state index is 12.1. The minimum atomic E-state index is -0.383. The molecule has 2 aromatic carbocycles. The second kappa shape index (κ2) is 8.81. The van der Waals surface area contributed by atoms with Crippen LogP contribution in [0.25, 0.3) is 0 Å². The maximum absolute atomic E-state index is 12.1. The Morgan fingerprint density at radius 2 is 2.07 bits per heavy atom. The van der Waals surface area contributed by atoms with E-state index in [0.717, 1.165) is 10.2 Å². The molecular formula is C19H17ClN4O3S. The zero-order valence-corrected chi connectivity index (χ0v) is 16.8. The Labute approximate surface area is 171 Å². The van der Waals surface area contributed by atoms with Crippen molar-refractivity contribution in [2.75, 3.05) is 7.11 Å². The predicted octanol–water partition coefficient (Wildman–Crippen LogP) is 3.73. The van der Waals surface area contributed by atoms with Gasteiger partial charge in [0.2, 0.25) is 4.77 Å². The number of methoxy groups -OCH3 is 1. The van der Waals surface area contributed by atoms with Gasteiger partial charge < -0.3 is 9.47 Å². The molecule has 0 aliphatic heterocycles. The lowest BCUT2D eigenvalue weighted by atomic mass is 10.2. The molecule has 1 N–H and O–H groups in total. The van der Waals surface area contributed by atoms with Gasteiger partial charge in [0.05, 0.1) is 13.3 Å². The van der Waals surface area contributed by atoms with Crippen LogP contribution in [0.4, 0.5) is 0 Å². The average molecular weight is 417 g/mol. The van der Waals surface area contributed by atoms with Crippen LogP contribution in [0, 0.1) is 11.7 Å². The first-order valence-corrected chi connectivity index (χ1v) is 9.05. The summed E-state index contributed by atoms with van der Waals surface area (Å²) < 4.78 is 12.4. The van der Waals surface area contributed by atoms with Gasteiger partial charge in [0, 0.05) is 10.6 Å². The molecule has 7 nitrogen and oxygen atoms in total. The van der Waals surface area contributed by atoms with Crippen LogP contribution in [0.15, 0.2) is 52.4 Å². The zero-order valence-electron chi connectivity index (χ0n) is 15.2. The second-order valence-electron chi connectivity index (χ2n) is 5.77. The Kier molecular flexibility index (Phi) is 6.23. The molecule has 0 unspecified atom stereocenters. The molecule has 0 amide bonds. The van der Waals surface area contributed by atoms with Crippen molar-refractivity contribution >= 4 is 30.0 Å².